The summed E-state index contributed by atoms with van der Waals surface area (Å²) in [6, 6.07) is 4.95. The highest BCUT2D eigenvalue weighted by Gasteiger charge is 2.09. The number of nitrogens with zero attached hydrogens (tertiary/aromatic N) is 3. The maximum atomic E-state index is 11.8. The Labute approximate surface area is 130 Å². The zero-order chi connectivity index (χ0) is 14.5. The quantitative estimate of drug-likeness (QED) is 0.854. The molecule has 0 atom stereocenters. The van der Waals surface area contributed by atoms with Gasteiger partial charge in [0.2, 0.25) is 5.91 Å². The fraction of sp³-hybridized carbons (Fsp3) is 0.250. The molecule has 1 aromatic heterocycles. The zero-order valence-corrected chi connectivity index (χ0v) is 13.0. The Morgan fingerprint density at radius 2 is 2.20 bits per heavy atom. The number of hydrogen-bond donors (Lipinski definition) is 1. The minimum Gasteiger partial charge on any atom is -0.325 e. The van der Waals surface area contributed by atoms with Gasteiger partial charge in [-0.1, -0.05) is 35.0 Å². The van der Waals surface area contributed by atoms with E-state index in [4.69, 9.17) is 23.2 Å². The normalized spacial score (nSPS) is 10.6. The zero-order valence-electron chi connectivity index (χ0n) is 10.6. The van der Waals surface area contributed by atoms with Gasteiger partial charge in [-0.25, -0.2) is 0 Å². The molecule has 0 aliphatic heterocycles. The number of aryl methyl sites for hydroxylation is 1. The topological polar surface area (TPSA) is 59.8 Å². The molecule has 0 fully saturated rings. The van der Waals surface area contributed by atoms with Gasteiger partial charge >= 0.3 is 0 Å². The second-order valence-corrected chi connectivity index (χ2v) is 5.62. The van der Waals surface area contributed by atoms with Crippen molar-refractivity contribution in [1.29, 1.82) is 0 Å². The molecule has 0 spiro atoms. The number of aromatic nitrogens is 3. The lowest BCUT2D eigenvalue weighted by Gasteiger charge is -2.06. The van der Waals surface area contributed by atoms with Crippen molar-refractivity contribution in [1.82, 2.24) is 14.8 Å². The molecule has 106 valence electrons. The lowest BCUT2D eigenvalue weighted by atomic mass is 10.3. The van der Waals surface area contributed by atoms with Crippen molar-refractivity contribution in [2.75, 3.05) is 11.1 Å². The van der Waals surface area contributed by atoms with Crippen molar-refractivity contribution in [3.63, 3.8) is 0 Å². The smallest absolute Gasteiger partial charge is 0.234 e. The number of halogens is 2. The van der Waals surface area contributed by atoms with E-state index in [1.165, 1.54) is 11.8 Å². The summed E-state index contributed by atoms with van der Waals surface area (Å²) in [5.41, 5.74) is 0.613. The maximum Gasteiger partial charge on any atom is 0.234 e. The van der Waals surface area contributed by atoms with Crippen molar-refractivity contribution < 1.29 is 4.79 Å². The van der Waals surface area contributed by atoms with Crippen molar-refractivity contribution >= 4 is 46.6 Å². The summed E-state index contributed by atoms with van der Waals surface area (Å²) < 4.78 is 1.87. The van der Waals surface area contributed by atoms with Crippen LogP contribution in [-0.4, -0.2) is 26.4 Å². The molecular formula is C12H12Cl2N4OS. The van der Waals surface area contributed by atoms with Crippen LogP contribution >= 0.6 is 35.0 Å². The molecule has 0 saturated carbocycles. The highest BCUT2D eigenvalue weighted by Crippen LogP contribution is 2.25. The highest BCUT2D eigenvalue weighted by atomic mass is 35.5. The molecule has 0 saturated heterocycles. The Morgan fingerprint density at radius 3 is 2.90 bits per heavy atom. The van der Waals surface area contributed by atoms with E-state index < -0.39 is 0 Å². The monoisotopic (exact) mass is 330 g/mol. The van der Waals surface area contributed by atoms with Crippen molar-refractivity contribution in [2.45, 2.75) is 18.6 Å². The summed E-state index contributed by atoms with van der Waals surface area (Å²) in [5, 5.41) is 12.1. The number of rotatable bonds is 5. The number of carbonyl (C=O) groups is 1. The maximum absolute atomic E-state index is 11.8. The summed E-state index contributed by atoms with van der Waals surface area (Å²) >= 11 is 13.0. The van der Waals surface area contributed by atoms with E-state index in [1.807, 2.05) is 11.5 Å². The highest BCUT2D eigenvalue weighted by molar-refractivity contribution is 7.99. The van der Waals surface area contributed by atoms with Crippen molar-refractivity contribution in [3.8, 4) is 0 Å². The minimum absolute atomic E-state index is 0.140. The van der Waals surface area contributed by atoms with Crippen LogP contribution < -0.4 is 5.32 Å². The van der Waals surface area contributed by atoms with Crippen LogP contribution in [0.5, 0.6) is 0 Å². The first-order valence-electron chi connectivity index (χ1n) is 5.85. The summed E-state index contributed by atoms with van der Waals surface area (Å²) in [7, 11) is 0. The van der Waals surface area contributed by atoms with Crippen LogP contribution in [0.25, 0.3) is 0 Å². The molecule has 5 nitrogen and oxygen atoms in total. The van der Waals surface area contributed by atoms with Gasteiger partial charge in [0.05, 0.1) is 15.8 Å². The third kappa shape index (κ3) is 3.88. The van der Waals surface area contributed by atoms with Crippen LogP contribution in [0.4, 0.5) is 5.69 Å². The second-order valence-electron chi connectivity index (χ2n) is 3.87. The number of nitrogens with one attached hydrogen (secondary N) is 1. The van der Waals surface area contributed by atoms with Crippen LogP contribution in [0.15, 0.2) is 29.7 Å². The molecule has 1 amide bonds. The Bertz CT molecular complexity index is 617. The Morgan fingerprint density at radius 1 is 1.40 bits per heavy atom. The van der Waals surface area contributed by atoms with E-state index in [-0.39, 0.29) is 11.7 Å². The number of amides is 1. The van der Waals surface area contributed by atoms with Gasteiger partial charge in [0, 0.05) is 12.2 Å². The van der Waals surface area contributed by atoms with Gasteiger partial charge in [0.25, 0.3) is 0 Å². The summed E-state index contributed by atoms with van der Waals surface area (Å²) in [6.45, 7) is 2.76. The Hall–Kier alpha value is -1.24. The molecule has 1 N–H and O–H groups in total. The minimum atomic E-state index is -0.140. The third-order valence-corrected chi connectivity index (χ3v) is 4.18. The lowest BCUT2D eigenvalue weighted by Crippen LogP contribution is -2.14. The first-order chi connectivity index (χ1) is 9.60. The standard InChI is InChI=1S/C12H12Cl2N4OS/c1-2-18-7-15-17-12(18)20-6-11(19)16-8-3-4-9(13)10(14)5-8/h3-5,7H,2,6H2,1H3,(H,16,19). The van der Waals surface area contributed by atoms with E-state index in [2.05, 4.69) is 15.5 Å². The van der Waals surface area contributed by atoms with Crippen LogP contribution in [-0.2, 0) is 11.3 Å². The molecule has 0 aliphatic carbocycles. The number of benzene rings is 1. The van der Waals surface area contributed by atoms with Crippen molar-refractivity contribution in [3.05, 3.63) is 34.6 Å². The molecule has 0 radical (unpaired) electrons. The molecule has 0 unspecified atom stereocenters. The first-order valence-corrected chi connectivity index (χ1v) is 7.59. The average Bonchev–Trinajstić information content (AvgIpc) is 2.88. The second kappa shape index (κ2) is 6.97. The molecule has 0 aliphatic rings. The first kappa shape index (κ1) is 15.2. The Kier molecular flexibility index (Phi) is 5.28. The van der Waals surface area contributed by atoms with Gasteiger partial charge < -0.3 is 9.88 Å². The van der Waals surface area contributed by atoms with Crippen LogP contribution in [0.2, 0.25) is 10.0 Å². The van der Waals surface area contributed by atoms with E-state index >= 15 is 0 Å². The van der Waals surface area contributed by atoms with Crippen LogP contribution in [0.1, 0.15) is 6.92 Å². The van der Waals surface area contributed by atoms with Gasteiger partial charge in [-0.3, -0.25) is 4.79 Å². The predicted molar refractivity (Wildman–Crippen MR) is 81.5 cm³/mol. The van der Waals surface area contributed by atoms with Gasteiger partial charge in [0.15, 0.2) is 5.16 Å². The molecule has 2 rings (SSSR count). The van der Waals surface area contributed by atoms with Gasteiger partial charge in [-0.2, -0.15) is 0 Å². The van der Waals surface area contributed by atoms with Crippen molar-refractivity contribution in [2.24, 2.45) is 0 Å². The summed E-state index contributed by atoms with van der Waals surface area (Å²) in [6.07, 6.45) is 1.64. The summed E-state index contributed by atoms with van der Waals surface area (Å²) in [5.74, 6) is 0.109. The third-order valence-electron chi connectivity index (χ3n) is 2.46. The van der Waals surface area contributed by atoms with Gasteiger partial charge in [0.1, 0.15) is 6.33 Å². The van der Waals surface area contributed by atoms with Gasteiger partial charge in [-0.15, -0.1) is 10.2 Å². The van der Waals surface area contributed by atoms with E-state index in [0.717, 1.165) is 11.7 Å². The summed E-state index contributed by atoms with van der Waals surface area (Å²) in [4.78, 5) is 11.8. The fourth-order valence-electron chi connectivity index (χ4n) is 1.47. The molecule has 1 aromatic carbocycles. The van der Waals surface area contributed by atoms with E-state index in [9.17, 15) is 4.79 Å². The van der Waals surface area contributed by atoms with Crippen LogP contribution in [0, 0.1) is 0 Å². The number of hydrogen-bond acceptors (Lipinski definition) is 4. The van der Waals surface area contributed by atoms with Crippen LogP contribution in [0.3, 0.4) is 0 Å². The van der Waals surface area contributed by atoms with E-state index in [0.29, 0.717) is 15.7 Å². The number of anilines is 1. The number of carbonyl (C=O) groups excluding carboxylic acids is 1. The molecule has 0 bridgehead atoms. The Balaban J connectivity index is 1.91. The molecule has 20 heavy (non-hydrogen) atoms. The molecule has 1 heterocycles. The molecular weight excluding hydrogens is 319 g/mol. The SMILES string of the molecule is CCn1cnnc1SCC(=O)Nc1ccc(Cl)c(Cl)c1. The molecule has 8 heteroatoms. The predicted octanol–water partition coefficient (Wildman–Crippen LogP) is 3.34. The fourth-order valence-corrected chi connectivity index (χ4v) is 2.55. The largest absolute Gasteiger partial charge is 0.325 e. The van der Waals surface area contributed by atoms with Gasteiger partial charge in [-0.05, 0) is 25.1 Å². The number of thioether (sulfide) groups is 1. The lowest BCUT2D eigenvalue weighted by molar-refractivity contribution is -0.113. The average molecular weight is 331 g/mol. The molecule has 2 aromatic rings. The van der Waals surface area contributed by atoms with E-state index in [1.54, 1.807) is 24.5 Å².